The topological polar surface area (TPSA) is 26.0 Å². The fourth-order valence-electron chi connectivity index (χ4n) is 3.24. The molecular weight excluding hydrogens is 122 g/mol. The molecule has 10 heavy (non-hydrogen) atoms. The number of hydrogen-bond donors (Lipinski definition) is 1. The number of hydrogen-bond acceptors (Lipinski definition) is 1. The molecule has 2 N–H and O–H groups in total. The van der Waals surface area contributed by atoms with Crippen molar-refractivity contribution in [3.8, 4) is 0 Å². The highest BCUT2D eigenvalue weighted by Gasteiger charge is 2.50. The van der Waals surface area contributed by atoms with Crippen LogP contribution in [0.4, 0.5) is 0 Å². The summed E-state index contributed by atoms with van der Waals surface area (Å²) in [4.78, 5) is 0. The SMILES string of the molecule is NC12CC3C=C1CC(C3)C2. The summed E-state index contributed by atoms with van der Waals surface area (Å²) >= 11 is 0. The van der Waals surface area contributed by atoms with Crippen molar-refractivity contribution in [2.45, 2.75) is 31.2 Å². The molecule has 3 unspecified atom stereocenters. The summed E-state index contributed by atoms with van der Waals surface area (Å²) in [6.07, 6.45) is 7.76. The predicted molar refractivity (Wildman–Crippen MR) is 40.4 cm³/mol. The Kier molecular flexibility index (Phi) is 0.713. The second-order valence-electron chi connectivity index (χ2n) is 4.32. The van der Waals surface area contributed by atoms with E-state index in [4.69, 9.17) is 5.73 Å². The molecule has 0 spiro atoms. The lowest BCUT2D eigenvalue weighted by molar-refractivity contribution is 0.290. The molecule has 3 atom stereocenters. The molecule has 0 aromatic rings. The first-order valence-corrected chi connectivity index (χ1v) is 4.26. The van der Waals surface area contributed by atoms with Gasteiger partial charge in [0.15, 0.2) is 0 Å². The molecule has 0 saturated heterocycles. The van der Waals surface area contributed by atoms with Crippen molar-refractivity contribution < 1.29 is 0 Å². The summed E-state index contributed by atoms with van der Waals surface area (Å²) in [7, 11) is 0. The monoisotopic (exact) mass is 135 g/mol. The van der Waals surface area contributed by atoms with Gasteiger partial charge in [0.05, 0.1) is 0 Å². The molecule has 2 fully saturated rings. The van der Waals surface area contributed by atoms with E-state index < -0.39 is 0 Å². The van der Waals surface area contributed by atoms with Gasteiger partial charge in [-0.3, -0.25) is 0 Å². The third-order valence-electron chi connectivity index (χ3n) is 3.50. The van der Waals surface area contributed by atoms with E-state index in [9.17, 15) is 0 Å². The van der Waals surface area contributed by atoms with Crippen LogP contribution in [0.5, 0.6) is 0 Å². The zero-order chi connectivity index (χ0) is 6.77. The zero-order valence-corrected chi connectivity index (χ0v) is 6.14. The van der Waals surface area contributed by atoms with Crippen LogP contribution < -0.4 is 5.73 Å². The van der Waals surface area contributed by atoms with Gasteiger partial charge in [-0.2, -0.15) is 0 Å². The van der Waals surface area contributed by atoms with Gasteiger partial charge in [-0.15, -0.1) is 0 Å². The van der Waals surface area contributed by atoms with Gasteiger partial charge >= 0.3 is 0 Å². The summed E-state index contributed by atoms with van der Waals surface area (Å²) in [6.45, 7) is 0. The number of nitrogens with two attached hydrogens (primary N) is 1. The van der Waals surface area contributed by atoms with E-state index in [0.29, 0.717) is 0 Å². The Balaban J connectivity index is 2.15. The Labute approximate surface area is 61.3 Å². The molecule has 0 radical (unpaired) electrons. The zero-order valence-electron chi connectivity index (χ0n) is 6.14. The van der Waals surface area contributed by atoms with Crippen LogP contribution in [0, 0.1) is 11.8 Å². The van der Waals surface area contributed by atoms with Gasteiger partial charge in [0.2, 0.25) is 0 Å². The lowest BCUT2D eigenvalue weighted by atomic mass is 9.81. The quantitative estimate of drug-likeness (QED) is 0.500. The Bertz CT molecular complexity index is 219. The molecule has 0 aliphatic heterocycles. The van der Waals surface area contributed by atoms with E-state index in [1.165, 1.54) is 25.7 Å². The van der Waals surface area contributed by atoms with Crippen LogP contribution in [0.15, 0.2) is 11.6 Å². The van der Waals surface area contributed by atoms with Crippen LogP contribution >= 0.6 is 0 Å². The molecule has 4 bridgehead atoms. The normalized spacial score (nSPS) is 55.9. The van der Waals surface area contributed by atoms with Gasteiger partial charge in [0.1, 0.15) is 0 Å². The maximum Gasteiger partial charge on any atom is 0.0377 e. The maximum absolute atomic E-state index is 6.22. The number of allylic oxidation sites excluding steroid dienone is 1. The van der Waals surface area contributed by atoms with Gasteiger partial charge in [0, 0.05) is 5.54 Å². The molecule has 0 amide bonds. The number of rotatable bonds is 0. The lowest BCUT2D eigenvalue weighted by Gasteiger charge is -2.28. The van der Waals surface area contributed by atoms with Crippen molar-refractivity contribution in [3.05, 3.63) is 11.6 Å². The molecule has 4 aliphatic carbocycles. The van der Waals surface area contributed by atoms with Crippen LogP contribution in [-0.4, -0.2) is 5.54 Å². The highest BCUT2D eigenvalue weighted by molar-refractivity contribution is 5.35. The van der Waals surface area contributed by atoms with E-state index in [1.54, 1.807) is 5.57 Å². The third-order valence-corrected chi connectivity index (χ3v) is 3.50. The fraction of sp³-hybridized carbons (Fsp3) is 0.778. The second kappa shape index (κ2) is 1.33. The Hall–Kier alpha value is -0.300. The summed E-state index contributed by atoms with van der Waals surface area (Å²) in [5.41, 5.74) is 8.00. The van der Waals surface area contributed by atoms with E-state index in [1.807, 2.05) is 0 Å². The molecule has 54 valence electrons. The smallest absolute Gasteiger partial charge is 0.0377 e. The van der Waals surface area contributed by atoms with Crippen LogP contribution in [0.2, 0.25) is 0 Å². The molecule has 0 aromatic carbocycles. The van der Waals surface area contributed by atoms with Crippen molar-refractivity contribution in [1.29, 1.82) is 0 Å². The minimum Gasteiger partial charge on any atom is -0.322 e. The molecule has 4 rings (SSSR count). The summed E-state index contributed by atoms with van der Waals surface area (Å²) < 4.78 is 0. The minimum atomic E-state index is 0.188. The van der Waals surface area contributed by atoms with Crippen molar-refractivity contribution in [2.24, 2.45) is 17.6 Å². The van der Waals surface area contributed by atoms with Crippen molar-refractivity contribution >= 4 is 0 Å². The largest absolute Gasteiger partial charge is 0.322 e. The highest BCUT2D eigenvalue weighted by Crippen LogP contribution is 2.55. The van der Waals surface area contributed by atoms with Gasteiger partial charge in [-0.05, 0) is 37.5 Å². The summed E-state index contributed by atoms with van der Waals surface area (Å²) in [5.74, 6) is 1.83. The first kappa shape index (κ1) is 5.36. The van der Waals surface area contributed by atoms with Crippen LogP contribution in [0.25, 0.3) is 0 Å². The standard InChI is InChI=1S/C9H13N/c10-9-4-6-1-7(5-9)3-8(9)2-6/h2,6-7H,1,3-5,10H2. The molecule has 4 aliphatic rings. The molecule has 0 heterocycles. The highest BCUT2D eigenvalue weighted by atomic mass is 14.8. The van der Waals surface area contributed by atoms with Crippen LogP contribution in [-0.2, 0) is 0 Å². The molecular formula is C9H13N. The lowest BCUT2D eigenvalue weighted by Crippen LogP contribution is -2.38. The maximum atomic E-state index is 6.22. The molecule has 1 nitrogen and oxygen atoms in total. The van der Waals surface area contributed by atoms with Crippen molar-refractivity contribution in [1.82, 2.24) is 0 Å². The summed E-state index contributed by atoms with van der Waals surface area (Å²) in [5, 5.41) is 0. The predicted octanol–water partition coefficient (Wildman–Crippen LogP) is 1.44. The molecule has 0 aromatic heterocycles. The first-order chi connectivity index (χ1) is 4.76. The van der Waals surface area contributed by atoms with E-state index in [-0.39, 0.29) is 5.54 Å². The Morgan fingerprint density at radius 2 is 2.40 bits per heavy atom. The average molecular weight is 135 g/mol. The van der Waals surface area contributed by atoms with Gasteiger partial charge in [0.25, 0.3) is 0 Å². The van der Waals surface area contributed by atoms with Gasteiger partial charge in [-0.1, -0.05) is 11.6 Å². The van der Waals surface area contributed by atoms with Crippen molar-refractivity contribution in [3.63, 3.8) is 0 Å². The van der Waals surface area contributed by atoms with E-state index in [0.717, 1.165) is 11.8 Å². The Morgan fingerprint density at radius 3 is 3.00 bits per heavy atom. The fourth-order valence-corrected chi connectivity index (χ4v) is 3.24. The average Bonchev–Trinajstić information content (AvgIpc) is 2.14. The second-order valence-corrected chi connectivity index (χ2v) is 4.32. The first-order valence-electron chi connectivity index (χ1n) is 4.26. The van der Waals surface area contributed by atoms with Crippen LogP contribution in [0.1, 0.15) is 25.7 Å². The molecule has 2 saturated carbocycles. The van der Waals surface area contributed by atoms with E-state index in [2.05, 4.69) is 6.08 Å². The van der Waals surface area contributed by atoms with E-state index >= 15 is 0 Å². The van der Waals surface area contributed by atoms with Gasteiger partial charge < -0.3 is 5.73 Å². The third kappa shape index (κ3) is 0.450. The summed E-state index contributed by atoms with van der Waals surface area (Å²) in [6, 6.07) is 0. The molecule has 1 heteroatoms. The Morgan fingerprint density at radius 1 is 1.50 bits per heavy atom. The van der Waals surface area contributed by atoms with Crippen LogP contribution in [0.3, 0.4) is 0 Å². The van der Waals surface area contributed by atoms with Gasteiger partial charge in [-0.25, -0.2) is 0 Å². The minimum absolute atomic E-state index is 0.188. The van der Waals surface area contributed by atoms with Crippen molar-refractivity contribution in [2.75, 3.05) is 0 Å².